The Morgan fingerprint density at radius 2 is 2.07 bits per heavy atom. The number of halogens is 1. The van der Waals surface area contributed by atoms with Gasteiger partial charge in [0, 0.05) is 11.5 Å². The molecule has 1 atom stereocenters. The summed E-state index contributed by atoms with van der Waals surface area (Å²) in [6.07, 6.45) is 0. The number of nitrogens with one attached hydrogen (secondary N) is 1. The van der Waals surface area contributed by atoms with E-state index in [1.807, 2.05) is 18.2 Å². The van der Waals surface area contributed by atoms with Crippen LogP contribution in [0.4, 0.5) is 0 Å². The Hall–Kier alpha value is -0.220. The van der Waals surface area contributed by atoms with E-state index < -0.39 is 0 Å². The Morgan fingerprint density at radius 3 is 2.64 bits per heavy atom. The first-order chi connectivity index (χ1) is 6.86. The largest absolute Gasteiger partial charge is 0.395 e. The lowest BCUT2D eigenvalue weighted by Gasteiger charge is -2.10. The van der Waals surface area contributed by atoms with Gasteiger partial charge in [0.25, 0.3) is 0 Å². The zero-order chi connectivity index (χ0) is 10.2. The van der Waals surface area contributed by atoms with Gasteiger partial charge < -0.3 is 5.11 Å². The normalized spacial score (nSPS) is 12.7. The van der Waals surface area contributed by atoms with Gasteiger partial charge in [-0.2, -0.15) is 11.8 Å². The van der Waals surface area contributed by atoms with E-state index >= 15 is 0 Å². The lowest BCUT2D eigenvalue weighted by atomic mass is 10.2. The van der Waals surface area contributed by atoms with Gasteiger partial charge >= 0.3 is 0 Å². The van der Waals surface area contributed by atoms with E-state index in [9.17, 15) is 0 Å². The van der Waals surface area contributed by atoms with Crippen molar-refractivity contribution in [1.29, 1.82) is 0 Å². The van der Waals surface area contributed by atoms with Crippen molar-refractivity contribution in [2.45, 2.75) is 11.8 Å². The summed E-state index contributed by atoms with van der Waals surface area (Å²) in [5, 5.41) is 8.86. The first kappa shape index (κ1) is 11.9. The molecular formula is C10H14ClNOS. The molecule has 1 aromatic rings. The summed E-state index contributed by atoms with van der Waals surface area (Å²) < 4.78 is 0. The van der Waals surface area contributed by atoms with Crippen LogP contribution in [0.1, 0.15) is 5.56 Å². The molecule has 0 radical (unpaired) electrons. The van der Waals surface area contributed by atoms with Gasteiger partial charge in [0.2, 0.25) is 0 Å². The highest BCUT2D eigenvalue weighted by molar-refractivity contribution is 7.98. The first-order valence-corrected chi connectivity index (χ1v) is 5.98. The predicted octanol–water partition coefficient (Wildman–Crippen LogP) is 2.02. The maximum Gasteiger partial charge on any atom is 0.0605 e. The minimum atomic E-state index is -0.0228. The molecule has 0 bridgehead atoms. The van der Waals surface area contributed by atoms with Gasteiger partial charge in [0.1, 0.15) is 0 Å². The topological polar surface area (TPSA) is 32.3 Å². The second kappa shape index (κ2) is 7.12. The first-order valence-electron chi connectivity index (χ1n) is 4.45. The van der Waals surface area contributed by atoms with Crippen molar-refractivity contribution < 1.29 is 5.11 Å². The molecule has 14 heavy (non-hydrogen) atoms. The molecule has 0 unspecified atom stereocenters. The van der Waals surface area contributed by atoms with Crippen LogP contribution in [0.3, 0.4) is 0 Å². The quantitative estimate of drug-likeness (QED) is 0.735. The summed E-state index contributed by atoms with van der Waals surface area (Å²) in [6, 6.07) is 10.2. The molecule has 1 rings (SSSR count). The molecule has 78 valence electrons. The van der Waals surface area contributed by atoms with Gasteiger partial charge in [-0.05, 0) is 17.3 Å². The predicted molar refractivity (Wildman–Crippen MR) is 62.5 cm³/mol. The highest BCUT2D eigenvalue weighted by Crippen LogP contribution is 2.12. The van der Waals surface area contributed by atoms with Gasteiger partial charge in [0.15, 0.2) is 0 Å². The monoisotopic (exact) mass is 231 g/mol. The SMILES string of the molecule is OC[C@H](CSCc1ccccc1)NCl. The number of benzene rings is 1. The van der Waals surface area contributed by atoms with Crippen LogP contribution in [0.5, 0.6) is 0 Å². The molecule has 4 heteroatoms. The van der Waals surface area contributed by atoms with E-state index in [1.54, 1.807) is 11.8 Å². The summed E-state index contributed by atoms with van der Waals surface area (Å²) in [6.45, 7) is 0.0747. The molecule has 0 saturated heterocycles. The molecule has 0 amide bonds. The smallest absolute Gasteiger partial charge is 0.0605 e. The van der Waals surface area contributed by atoms with Crippen LogP contribution in [-0.4, -0.2) is 23.5 Å². The van der Waals surface area contributed by atoms with Crippen LogP contribution in [0.2, 0.25) is 0 Å². The van der Waals surface area contributed by atoms with Crippen molar-refractivity contribution in [2.75, 3.05) is 12.4 Å². The summed E-state index contributed by atoms with van der Waals surface area (Å²) >= 11 is 7.18. The van der Waals surface area contributed by atoms with E-state index in [2.05, 4.69) is 17.0 Å². The molecule has 2 nitrogen and oxygen atoms in total. The lowest BCUT2D eigenvalue weighted by Crippen LogP contribution is -2.27. The minimum Gasteiger partial charge on any atom is -0.395 e. The second-order valence-corrected chi connectivity index (χ2v) is 4.24. The number of rotatable bonds is 6. The molecular weight excluding hydrogens is 218 g/mol. The lowest BCUT2D eigenvalue weighted by molar-refractivity contribution is 0.268. The molecule has 0 saturated carbocycles. The summed E-state index contributed by atoms with van der Waals surface area (Å²) in [5.41, 5.74) is 1.30. The number of thioether (sulfide) groups is 1. The van der Waals surface area contributed by atoms with Gasteiger partial charge in [-0.1, -0.05) is 30.3 Å². The third-order valence-electron chi connectivity index (χ3n) is 1.81. The van der Waals surface area contributed by atoms with Crippen LogP contribution >= 0.6 is 23.5 Å². The van der Waals surface area contributed by atoms with Crippen LogP contribution < -0.4 is 4.84 Å². The van der Waals surface area contributed by atoms with Crippen molar-refractivity contribution in [3.63, 3.8) is 0 Å². The number of hydrogen-bond donors (Lipinski definition) is 2. The Morgan fingerprint density at radius 1 is 1.36 bits per heavy atom. The average molecular weight is 232 g/mol. The molecule has 0 fully saturated rings. The molecule has 2 N–H and O–H groups in total. The van der Waals surface area contributed by atoms with Crippen molar-refractivity contribution in [3.8, 4) is 0 Å². The Balaban J connectivity index is 2.21. The maximum atomic E-state index is 8.86. The van der Waals surface area contributed by atoms with E-state index in [-0.39, 0.29) is 12.6 Å². The highest BCUT2D eigenvalue weighted by Gasteiger charge is 2.04. The van der Waals surface area contributed by atoms with E-state index in [0.29, 0.717) is 0 Å². The molecule has 0 aliphatic heterocycles. The fraction of sp³-hybridized carbons (Fsp3) is 0.400. The standard InChI is InChI=1S/C10H14ClNOS/c11-12-10(6-13)8-14-7-9-4-2-1-3-5-9/h1-5,10,12-13H,6-8H2/t10-/m1/s1. The van der Waals surface area contributed by atoms with E-state index in [0.717, 1.165) is 11.5 Å². The van der Waals surface area contributed by atoms with Crippen LogP contribution in [0, 0.1) is 0 Å². The van der Waals surface area contributed by atoms with Crippen LogP contribution in [0.15, 0.2) is 30.3 Å². The van der Waals surface area contributed by atoms with Crippen molar-refractivity contribution in [1.82, 2.24) is 4.84 Å². The average Bonchev–Trinajstić information content (AvgIpc) is 2.26. The van der Waals surface area contributed by atoms with Crippen LogP contribution in [-0.2, 0) is 5.75 Å². The molecule has 0 heterocycles. The summed E-state index contributed by atoms with van der Waals surface area (Å²) in [7, 11) is 0. The number of hydrogen-bond acceptors (Lipinski definition) is 3. The minimum absolute atomic E-state index is 0.0228. The zero-order valence-corrected chi connectivity index (χ0v) is 9.39. The fourth-order valence-electron chi connectivity index (χ4n) is 1.01. The van der Waals surface area contributed by atoms with Gasteiger partial charge in [-0.25, -0.2) is 4.84 Å². The molecule has 0 aliphatic carbocycles. The van der Waals surface area contributed by atoms with E-state index in [1.165, 1.54) is 5.56 Å². The summed E-state index contributed by atoms with van der Waals surface area (Å²) in [4.78, 5) is 2.54. The van der Waals surface area contributed by atoms with Crippen molar-refractivity contribution in [2.24, 2.45) is 0 Å². The van der Waals surface area contributed by atoms with Gasteiger partial charge in [-0.15, -0.1) is 0 Å². The van der Waals surface area contributed by atoms with E-state index in [4.69, 9.17) is 16.9 Å². The second-order valence-electron chi connectivity index (χ2n) is 2.99. The molecule has 1 aromatic carbocycles. The molecule has 0 aliphatic rings. The third kappa shape index (κ3) is 4.33. The highest BCUT2D eigenvalue weighted by atomic mass is 35.5. The summed E-state index contributed by atoms with van der Waals surface area (Å²) in [5.74, 6) is 1.77. The Kier molecular flexibility index (Phi) is 6.03. The third-order valence-corrected chi connectivity index (χ3v) is 3.29. The van der Waals surface area contributed by atoms with Crippen LogP contribution in [0.25, 0.3) is 0 Å². The number of aliphatic hydroxyl groups is 1. The Bertz CT molecular complexity index is 241. The number of aliphatic hydroxyl groups excluding tert-OH is 1. The maximum absolute atomic E-state index is 8.86. The zero-order valence-electron chi connectivity index (χ0n) is 7.82. The molecule has 0 aromatic heterocycles. The fourth-order valence-corrected chi connectivity index (χ4v) is 2.27. The Labute approximate surface area is 93.8 Å². The van der Waals surface area contributed by atoms with Crippen molar-refractivity contribution in [3.05, 3.63) is 35.9 Å². The van der Waals surface area contributed by atoms with Gasteiger partial charge in [-0.3, -0.25) is 0 Å². The molecule has 0 spiro atoms. The van der Waals surface area contributed by atoms with Crippen molar-refractivity contribution >= 4 is 23.5 Å². The van der Waals surface area contributed by atoms with Gasteiger partial charge in [0.05, 0.1) is 12.6 Å².